The van der Waals surface area contributed by atoms with Crippen molar-refractivity contribution in [2.75, 3.05) is 14.2 Å². The molecule has 1 aromatic carbocycles. The van der Waals surface area contributed by atoms with Gasteiger partial charge in [-0.1, -0.05) is 12.1 Å². The molecular formula is C21H21NO4S. The van der Waals surface area contributed by atoms with Gasteiger partial charge in [0.25, 0.3) is 0 Å². The number of carbonyl (C=O) groups excluding carboxylic acids is 2. The van der Waals surface area contributed by atoms with E-state index in [1.807, 2.05) is 35.7 Å². The quantitative estimate of drug-likeness (QED) is 0.873. The van der Waals surface area contributed by atoms with Crippen LogP contribution in [-0.4, -0.2) is 25.9 Å². The summed E-state index contributed by atoms with van der Waals surface area (Å²) in [5.41, 5.74) is 2.58. The van der Waals surface area contributed by atoms with Crippen LogP contribution in [-0.2, 0) is 9.59 Å². The molecule has 0 unspecified atom stereocenters. The van der Waals surface area contributed by atoms with E-state index in [9.17, 15) is 9.59 Å². The van der Waals surface area contributed by atoms with E-state index in [1.54, 1.807) is 25.6 Å². The maximum Gasteiger partial charge on any atom is 0.225 e. The van der Waals surface area contributed by atoms with Crippen LogP contribution in [0.2, 0.25) is 0 Å². The average Bonchev–Trinajstić information content (AvgIpc) is 3.21. The van der Waals surface area contributed by atoms with E-state index < -0.39 is 0 Å². The van der Waals surface area contributed by atoms with Crippen molar-refractivity contribution in [2.24, 2.45) is 0 Å². The van der Waals surface area contributed by atoms with Gasteiger partial charge in [-0.05, 0) is 41.5 Å². The smallest absolute Gasteiger partial charge is 0.225 e. The molecule has 1 amide bonds. The Balaban J connectivity index is 1.68. The van der Waals surface area contributed by atoms with Crippen LogP contribution in [0.3, 0.4) is 0 Å². The summed E-state index contributed by atoms with van der Waals surface area (Å²) >= 11 is 1.60. The zero-order valence-corrected chi connectivity index (χ0v) is 16.1. The number of methoxy groups -OCH3 is 2. The summed E-state index contributed by atoms with van der Waals surface area (Å²) < 4.78 is 10.7. The van der Waals surface area contributed by atoms with Crippen LogP contribution < -0.4 is 14.8 Å². The molecule has 27 heavy (non-hydrogen) atoms. The van der Waals surface area contributed by atoms with Gasteiger partial charge < -0.3 is 14.8 Å². The first kappa shape index (κ1) is 17.8. The Hall–Kier alpha value is -2.60. The minimum absolute atomic E-state index is 0.0124. The highest BCUT2D eigenvalue weighted by molar-refractivity contribution is 7.10. The molecular weight excluding hydrogens is 362 g/mol. The summed E-state index contributed by atoms with van der Waals surface area (Å²) in [6, 6.07) is 9.71. The molecule has 2 aliphatic rings. The highest BCUT2D eigenvalue weighted by Crippen LogP contribution is 2.44. The molecule has 2 aromatic rings. The Labute approximate surface area is 162 Å². The normalized spacial score (nSPS) is 22.3. The van der Waals surface area contributed by atoms with Crippen LogP contribution >= 0.6 is 11.3 Å². The Morgan fingerprint density at radius 2 is 1.85 bits per heavy atom. The predicted molar refractivity (Wildman–Crippen MR) is 103 cm³/mol. The minimum Gasteiger partial charge on any atom is -0.493 e. The number of benzene rings is 1. The highest BCUT2D eigenvalue weighted by atomic mass is 32.1. The van der Waals surface area contributed by atoms with Crippen molar-refractivity contribution in [1.29, 1.82) is 0 Å². The first-order valence-corrected chi connectivity index (χ1v) is 9.80. The van der Waals surface area contributed by atoms with Crippen molar-refractivity contribution >= 4 is 23.0 Å². The SMILES string of the molecule is COc1ccc([C@H]2CC(=O)C3=C(C2)NC(=O)C[C@@H]3c2cccs2)cc1OC. The third kappa shape index (κ3) is 3.25. The third-order valence-corrected chi connectivity index (χ3v) is 6.29. The van der Waals surface area contributed by atoms with Crippen molar-refractivity contribution < 1.29 is 19.1 Å². The molecule has 1 aliphatic carbocycles. The Bertz CT molecular complexity index is 916. The molecule has 2 heterocycles. The number of hydrogen-bond donors (Lipinski definition) is 1. The second kappa shape index (κ2) is 7.19. The van der Waals surface area contributed by atoms with Crippen LogP contribution in [0.4, 0.5) is 0 Å². The summed E-state index contributed by atoms with van der Waals surface area (Å²) in [5.74, 6) is 1.30. The van der Waals surface area contributed by atoms with Crippen LogP contribution in [0.25, 0.3) is 0 Å². The van der Waals surface area contributed by atoms with E-state index in [0.717, 1.165) is 21.7 Å². The number of thiophene rings is 1. The van der Waals surface area contributed by atoms with E-state index >= 15 is 0 Å². The lowest BCUT2D eigenvalue weighted by Gasteiger charge is -2.34. The number of nitrogens with one attached hydrogen (secondary N) is 1. The molecule has 0 radical (unpaired) electrons. The van der Waals surface area contributed by atoms with Crippen LogP contribution in [0, 0.1) is 0 Å². The molecule has 2 atom stereocenters. The number of allylic oxidation sites excluding steroid dienone is 2. The molecule has 0 bridgehead atoms. The molecule has 0 fully saturated rings. The van der Waals surface area contributed by atoms with Crippen LogP contribution in [0.15, 0.2) is 47.0 Å². The number of ether oxygens (including phenoxy) is 2. The highest BCUT2D eigenvalue weighted by Gasteiger charge is 2.38. The van der Waals surface area contributed by atoms with Gasteiger partial charge in [0.1, 0.15) is 0 Å². The number of hydrogen-bond acceptors (Lipinski definition) is 5. The van der Waals surface area contributed by atoms with Crippen molar-refractivity contribution in [3.05, 3.63) is 57.4 Å². The van der Waals surface area contributed by atoms with Gasteiger partial charge in [0, 0.05) is 34.9 Å². The molecule has 0 spiro atoms. The van der Waals surface area contributed by atoms with E-state index in [2.05, 4.69) is 5.32 Å². The number of amides is 1. The third-order valence-electron chi connectivity index (χ3n) is 5.30. The second-order valence-corrected chi connectivity index (χ2v) is 7.83. The van der Waals surface area contributed by atoms with Crippen LogP contribution in [0.5, 0.6) is 11.5 Å². The lowest BCUT2D eigenvalue weighted by atomic mass is 9.75. The van der Waals surface area contributed by atoms with Crippen molar-refractivity contribution in [3.63, 3.8) is 0 Å². The van der Waals surface area contributed by atoms with Crippen LogP contribution in [0.1, 0.15) is 41.5 Å². The molecule has 1 aliphatic heterocycles. The zero-order chi connectivity index (χ0) is 19.0. The fourth-order valence-corrected chi connectivity index (χ4v) is 4.87. The van der Waals surface area contributed by atoms with E-state index in [0.29, 0.717) is 30.8 Å². The molecule has 5 nitrogen and oxygen atoms in total. The molecule has 140 valence electrons. The van der Waals surface area contributed by atoms with Gasteiger partial charge in [-0.15, -0.1) is 11.3 Å². The monoisotopic (exact) mass is 383 g/mol. The molecule has 4 rings (SSSR count). The van der Waals surface area contributed by atoms with Crippen molar-refractivity contribution in [1.82, 2.24) is 5.32 Å². The largest absolute Gasteiger partial charge is 0.493 e. The van der Waals surface area contributed by atoms with Crippen molar-refractivity contribution in [3.8, 4) is 11.5 Å². The number of Topliss-reactive ketones (excluding diaryl/α,β-unsaturated/α-hetero) is 1. The van der Waals surface area contributed by atoms with E-state index in [4.69, 9.17) is 9.47 Å². The second-order valence-electron chi connectivity index (χ2n) is 6.86. The summed E-state index contributed by atoms with van der Waals surface area (Å²) in [5, 5.41) is 4.95. The maximum absolute atomic E-state index is 13.0. The molecule has 1 N–H and O–H groups in total. The Morgan fingerprint density at radius 1 is 1.04 bits per heavy atom. The fraction of sp³-hybridized carbons (Fsp3) is 0.333. The number of ketones is 1. The molecule has 6 heteroatoms. The fourth-order valence-electron chi connectivity index (χ4n) is 4.04. The van der Waals surface area contributed by atoms with E-state index in [-0.39, 0.29) is 23.5 Å². The summed E-state index contributed by atoms with van der Waals surface area (Å²) in [4.78, 5) is 26.4. The predicted octanol–water partition coefficient (Wildman–Crippen LogP) is 3.77. The minimum atomic E-state index is -0.118. The summed E-state index contributed by atoms with van der Waals surface area (Å²) in [6.07, 6.45) is 1.42. The van der Waals surface area contributed by atoms with Crippen molar-refractivity contribution in [2.45, 2.75) is 31.1 Å². The van der Waals surface area contributed by atoms with Gasteiger partial charge in [-0.2, -0.15) is 0 Å². The zero-order valence-electron chi connectivity index (χ0n) is 15.3. The summed E-state index contributed by atoms with van der Waals surface area (Å²) in [6.45, 7) is 0. The number of carbonyl (C=O) groups is 2. The first-order valence-electron chi connectivity index (χ1n) is 8.92. The first-order chi connectivity index (χ1) is 13.1. The van der Waals surface area contributed by atoms with Gasteiger partial charge >= 0.3 is 0 Å². The number of rotatable bonds is 4. The topological polar surface area (TPSA) is 64.6 Å². The van der Waals surface area contributed by atoms with Gasteiger partial charge in [0.05, 0.1) is 14.2 Å². The molecule has 1 aromatic heterocycles. The maximum atomic E-state index is 13.0. The van der Waals surface area contributed by atoms with E-state index in [1.165, 1.54) is 0 Å². The Kier molecular flexibility index (Phi) is 4.74. The molecule has 0 saturated carbocycles. The molecule has 0 saturated heterocycles. The van der Waals surface area contributed by atoms with Gasteiger partial charge in [-0.25, -0.2) is 0 Å². The van der Waals surface area contributed by atoms with Gasteiger partial charge in [0.2, 0.25) is 5.91 Å². The average molecular weight is 383 g/mol. The Morgan fingerprint density at radius 3 is 2.56 bits per heavy atom. The van der Waals surface area contributed by atoms with Gasteiger partial charge in [0.15, 0.2) is 17.3 Å². The lowest BCUT2D eigenvalue weighted by Crippen LogP contribution is -2.37. The standard InChI is InChI=1S/C21H21NO4S/c1-25-17-6-5-12(10-18(17)26-2)13-8-15-21(16(23)9-13)14(11-20(24)22-15)19-4-3-7-27-19/h3-7,10,13-14H,8-9,11H2,1-2H3,(H,22,24)/t13-,14-/m1/s1. The summed E-state index contributed by atoms with van der Waals surface area (Å²) in [7, 11) is 3.20. The lowest BCUT2D eigenvalue weighted by molar-refractivity contribution is -0.122. The van der Waals surface area contributed by atoms with Gasteiger partial charge in [-0.3, -0.25) is 9.59 Å².